The number of benzene rings is 2. The summed E-state index contributed by atoms with van der Waals surface area (Å²) in [5, 5.41) is 10.1. The molecule has 0 saturated heterocycles. The summed E-state index contributed by atoms with van der Waals surface area (Å²) in [7, 11) is 0. The van der Waals surface area contributed by atoms with E-state index < -0.39 is 0 Å². The molecular formula is C26H12S4Se2. The van der Waals surface area contributed by atoms with E-state index in [9.17, 15) is 0 Å². The fraction of sp³-hybridized carbons (Fsp3) is 0. The maximum absolute atomic E-state index is 2.48. The number of thiophene rings is 4. The van der Waals surface area contributed by atoms with Crippen LogP contribution in [0.3, 0.4) is 0 Å². The van der Waals surface area contributed by atoms with Gasteiger partial charge < -0.3 is 0 Å². The Labute approximate surface area is 211 Å². The van der Waals surface area contributed by atoms with Gasteiger partial charge in [-0.15, -0.1) is 0 Å². The molecule has 8 rings (SSSR count). The van der Waals surface area contributed by atoms with Crippen LogP contribution in [0.15, 0.2) is 71.4 Å². The van der Waals surface area contributed by atoms with Gasteiger partial charge in [0.2, 0.25) is 0 Å². The van der Waals surface area contributed by atoms with Gasteiger partial charge in [-0.1, -0.05) is 0 Å². The third kappa shape index (κ3) is 2.76. The van der Waals surface area contributed by atoms with E-state index in [1.54, 1.807) is 8.52 Å². The Bertz CT molecular complexity index is 1780. The molecule has 0 aliphatic rings. The van der Waals surface area contributed by atoms with E-state index in [4.69, 9.17) is 0 Å². The summed E-state index contributed by atoms with van der Waals surface area (Å²) in [6.45, 7) is 0. The van der Waals surface area contributed by atoms with Crippen molar-refractivity contribution in [2.24, 2.45) is 0 Å². The second-order valence-electron chi connectivity index (χ2n) is 7.81. The fourth-order valence-electron chi connectivity index (χ4n) is 4.41. The van der Waals surface area contributed by atoms with Crippen molar-refractivity contribution in [2.75, 3.05) is 0 Å². The quantitative estimate of drug-likeness (QED) is 0.171. The van der Waals surface area contributed by atoms with Crippen LogP contribution in [-0.4, -0.2) is 29.0 Å². The van der Waals surface area contributed by atoms with E-state index in [2.05, 4.69) is 71.4 Å². The average molecular weight is 611 g/mol. The molecule has 0 nitrogen and oxygen atoms in total. The summed E-state index contributed by atoms with van der Waals surface area (Å²) in [5.74, 6) is 0. The number of hydrogen-bond donors (Lipinski definition) is 0. The van der Waals surface area contributed by atoms with Crippen LogP contribution in [0.25, 0.3) is 67.5 Å². The third-order valence-electron chi connectivity index (χ3n) is 5.88. The Kier molecular flexibility index (Phi) is 4.15. The molecule has 0 spiro atoms. The molecule has 0 amide bonds. The predicted molar refractivity (Wildman–Crippen MR) is 150 cm³/mol. The second-order valence-corrected chi connectivity index (χ2v) is 16.4. The van der Waals surface area contributed by atoms with Gasteiger partial charge in [-0.05, 0) is 0 Å². The maximum atomic E-state index is 2.48. The number of rotatable bonds is 2. The van der Waals surface area contributed by atoms with Crippen LogP contribution in [0.4, 0.5) is 0 Å². The molecule has 0 atom stereocenters. The molecule has 6 heterocycles. The Balaban J connectivity index is 1.35. The van der Waals surface area contributed by atoms with Crippen molar-refractivity contribution in [2.45, 2.75) is 0 Å². The summed E-state index contributed by atoms with van der Waals surface area (Å²) < 4.78 is 12.0. The normalized spacial score (nSPS) is 12.4. The second kappa shape index (κ2) is 7.02. The van der Waals surface area contributed by atoms with Gasteiger partial charge in [-0.3, -0.25) is 0 Å². The fourth-order valence-corrected chi connectivity index (χ4v) is 13.9. The zero-order valence-electron chi connectivity index (χ0n) is 16.4. The van der Waals surface area contributed by atoms with Gasteiger partial charge in [0.15, 0.2) is 0 Å². The molecule has 0 saturated carbocycles. The van der Waals surface area contributed by atoms with Crippen molar-refractivity contribution < 1.29 is 0 Å². The van der Waals surface area contributed by atoms with Crippen LogP contribution in [0.5, 0.6) is 0 Å². The Morgan fingerprint density at radius 1 is 0.562 bits per heavy atom. The first-order valence-corrected chi connectivity index (χ1v) is 17.0. The summed E-state index contributed by atoms with van der Waals surface area (Å²) in [6, 6.07) is 23.6. The van der Waals surface area contributed by atoms with Crippen molar-refractivity contribution in [3.63, 3.8) is 0 Å². The molecule has 6 aromatic heterocycles. The van der Waals surface area contributed by atoms with E-state index in [-0.39, 0.29) is 0 Å². The molecule has 0 unspecified atom stereocenters. The van der Waals surface area contributed by atoms with Gasteiger partial charge in [0.1, 0.15) is 0 Å². The molecule has 0 bridgehead atoms. The van der Waals surface area contributed by atoms with Crippen molar-refractivity contribution >= 4 is 123 Å². The first kappa shape index (κ1) is 18.9. The molecule has 0 N–H and O–H groups in total. The Morgan fingerprint density at radius 3 is 1.50 bits per heavy atom. The van der Waals surface area contributed by atoms with E-state index >= 15 is 0 Å². The van der Waals surface area contributed by atoms with Gasteiger partial charge in [0.05, 0.1) is 0 Å². The average Bonchev–Trinajstić information content (AvgIpc) is 3.61. The molecule has 0 aliphatic heterocycles. The van der Waals surface area contributed by atoms with Gasteiger partial charge >= 0.3 is 213 Å². The summed E-state index contributed by atoms with van der Waals surface area (Å²) in [4.78, 5) is 2.87. The van der Waals surface area contributed by atoms with E-state index in [1.165, 1.54) is 59.0 Å². The monoisotopic (exact) mass is 612 g/mol. The minimum absolute atomic E-state index is 0.416. The number of fused-ring (bicyclic) bond motifs is 7. The zero-order valence-corrected chi connectivity index (χ0v) is 23.1. The van der Waals surface area contributed by atoms with Crippen LogP contribution in [0.2, 0.25) is 0 Å². The Hall–Kier alpha value is -1.46. The van der Waals surface area contributed by atoms with E-state index in [1.807, 2.05) is 45.3 Å². The predicted octanol–water partition coefficient (Wildman–Crippen LogP) is 9.15. The van der Waals surface area contributed by atoms with Crippen LogP contribution < -0.4 is 0 Å². The number of hydrogen-bond acceptors (Lipinski definition) is 4. The summed E-state index contributed by atoms with van der Waals surface area (Å²) in [6.07, 6.45) is 0. The van der Waals surface area contributed by atoms with Gasteiger partial charge in [0, 0.05) is 0 Å². The standard InChI is InChI=1S/C26H12S4Se2/c1-3-17(27-5-1)23-9-13-7-15-19(11-21(13)31-23)29-26-16-8-14-10-24(18-4-2-6-28-18)32-22(14)12-20(16)30-25(15)26/h1-12H. The van der Waals surface area contributed by atoms with Crippen LogP contribution in [-0.2, 0) is 0 Å². The molecule has 152 valence electrons. The molecule has 0 radical (unpaired) electrons. The molecule has 2 aromatic carbocycles. The summed E-state index contributed by atoms with van der Waals surface area (Å²) in [5.41, 5.74) is 0. The third-order valence-corrected chi connectivity index (χ3v) is 15.5. The zero-order chi connectivity index (χ0) is 20.8. The van der Waals surface area contributed by atoms with Crippen LogP contribution in [0.1, 0.15) is 0 Å². The van der Waals surface area contributed by atoms with Crippen molar-refractivity contribution in [3.05, 3.63) is 71.4 Å². The molecule has 0 fully saturated rings. The minimum atomic E-state index is 0.416. The van der Waals surface area contributed by atoms with Crippen molar-refractivity contribution in [1.29, 1.82) is 0 Å². The molecule has 32 heavy (non-hydrogen) atoms. The SMILES string of the molecule is c1csc(-c2cc3cc4c(cc3[se]2)sc2c3cc5cc(-c6cccs6)[se]c5cc3sc42)c1. The molecule has 8 aromatic rings. The van der Waals surface area contributed by atoms with E-state index in [0.29, 0.717) is 29.0 Å². The molecule has 6 heteroatoms. The van der Waals surface area contributed by atoms with Crippen LogP contribution in [0, 0.1) is 0 Å². The van der Waals surface area contributed by atoms with E-state index in [0.717, 1.165) is 0 Å². The van der Waals surface area contributed by atoms with Crippen molar-refractivity contribution in [3.8, 4) is 18.6 Å². The first-order chi connectivity index (χ1) is 15.8. The Morgan fingerprint density at radius 2 is 1.06 bits per heavy atom. The van der Waals surface area contributed by atoms with Gasteiger partial charge in [0.25, 0.3) is 0 Å². The van der Waals surface area contributed by atoms with Crippen molar-refractivity contribution in [1.82, 2.24) is 0 Å². The molecule has 0 aliphatic carbocycles. The first-order valence-electron chi connectivity index (χ1n) is 10.1. The topological polar surface area (TPSA) is 0 Å². The molecular weight excluding hydrogens is 598 g/mol. The summed E-state index contributed by atoms with van der Waals surface area (Å²) >= 11 is 8.54. The van der Waals surface area contributed by atoms with Gasteiger partial charge in [-0.25, -0.2) is 0 Å². The van der Waals surface area contributed by atoms with Gasteiger partial charge in [-0.2, -0.15) is 0 Å². The van der Waals surface area contributed by atoms with Crippen LogP contribution >= 0.6 is 45.3 Å².